The number of methoxy groups -OCH3 is 1. The molecule has 0 aliphatic carbocycles. The number of aliphatic imine (C=N–C) groups is 1. The molecule has 0 radical (unpaired) electrons. The second-order valence-electron chi connectivity index (χ2n) is 6.27. The Kier molecular flexibility index (Phi) is 20.2. The summed E-state index contributed by atoms with van der Waals surface area (Å²) in [5.41, 5.74) is 0. The molecule has 0 aliphatic heterocycles. The average Bonchev–Trinajstić information content (AvgIpc) is 2.57. The first-order chi connectivity index (χ1) is 11.6. The third kappa shape index (κ3) is 15.8. The maximum absolute atomic E-state index is 5.10. The monoisotopic (exact) mass is 471 g/mol. The molecule has 0 saturated heterocycles. The summed E-state index contributed by atoms with van der Waals surface area (Å²) in [5, 5.41) is 6.86. The van der Waals surface area contributed by atoms with Gasteiger partial charge in [0.2, 0.25) is 0 Å². The Balaban J connectivity index is 0. The van der Waals surface area contributed by atoms with Crippen molar-refractivity contribution >= 4 is 29.9 Å². The molecule has 0 amide bonds. The fourth-order valence-electron chi connectivity index (χ4n) is 2.48. The molecule has 7 heteroatoms. The van der Waals surface area contributed by atoms with Crippen molar-refractivity contribution in [1.29, 1.82) is 0 Å². The van der Waals surface area contributed by atoms with Gasteiger partial charge in [-0.2, -0.15) is 0 Å². The molecule has 0 fully saturated rings. The predicted octanol–water partition coefficient (Wildman–Crippen LogP) is 2.25. The van der Waals surface area contributed by atoms with Gasteiger partial charge in [0.1, 0.15) is 0 Å². The summed E-state index contributed by atoms with van der Waals surface area (Å²) in [7, 11) is 3.84. The van der Waals surface area contributed by atoms with Crippen LogP contribution in [-0.4, -0.2) is 88.4 Å². The number of nitrogens with zero attached hydrogens (tertiary/aromatic N) is 3. The standard InChI is InChI=1S/C18H41N5O.HI/c1-7-19-18(20-12-14-22(5)15-16-24-6)21-17(4)11-10-13-23(8-2)9-3;/h17H,7-16H2,1-6H3,(H2,19,20,21);1H. The molecule has 0 spiro atoms. The summed E-state index contributed by atoms with van der Waals surface area (Å²) < 4.78 is 5.10. The van der Waals surface area contributed by atoms with Crippen molar-refractivity contribution in [2.24, 2.45) is 4.99 Å². The number of nitrogens with one attached hydrogen (secondary N) is 2. The second kappa shape index (κ2) is 18.7. The number of hydrogen-bond acceptors (Lipinski definition) is 4. The molecule has 25 heavy (non-hydrogen) atoms. The van der Waals surface area contributed by atoms with E-state index in [4.69, 9.17) is 4.74 Å². The van der Waals surface area contributed by atoms with E-state index in [0.29, 0.717) is 6.04 Å². The third-order valence-corrected chi connectivity index (χ3v) is 4.16. The van der Waals surface area contributed by atoms with E-state index in [1.54, 1.807) is 7.11 Å². The van der Waals surface area contributed by atoms with Gasteiger partial charge in [0.05, 0.1) is 13.2 Å². The maximum atomic E-state index is 5.10. The van der Waals surface area contributed by atoms with Gasteiger partial charge in [0.15, 0.2) is 5.96 Å². The van der Waals surface area contributed by atoms with E-state index < -0.39 is 0 Å². The minimum Gasteiger partial charge on any atom is -0.383 e. The van der Waals surface area contributed by atoms with Gasteiger partial charge in [-0.05, 0) is 53.4 Å². The number of hydrogen-bond donors (Lipinski definition) is 2. The Morgan fingerprint density at radius 1 is 1.12 bits per heavy atom. The van der Waals surface area contributed by atoms with Gasteiger partial charge in [-0.15, -0.1) is 24.0 Å². The van der Waals surface area contributed by atoms with E-state index in [2.05, 4.69) is 60.2 Å². The highest BCUT2D eigenvalue weighted by atomic mass is 127. The molecule has 1 atom stereocenters. The molecule has 0 aromatic heterocycles. The molecule has 0 aromatic rings. The highest BCUT2D eigenvalue weighted by molar-refractivity contribution is 14.0. The summed E-state index contributed by atoms with van der Waals surface area (Å²) in [5.74, 6) is 0.924. The van der Waals surface area contributed by atoms with Crippen LogP contribution in [-0.2, 0) is 4.74 Å². The molecule has 1 unspecified atom stereocenters. The average molecular weight is 471 g/mol. The zero-order valence-corrected chi connectivity index (χ0v) is 19.6. The number of rotatable bonds is 14. The van der Waals surface area contributed by atoms with Gasteiger partial charge >= 0.3 is 0 Å². The first-order valence-electron chi connectivity index (χ1n) is 9.51. The van der Waals surface area contributed by atoms with E-state index in [9.17, 15) is 0 Å². The van der Waals surface area contributed by atoms with Crippen molar-refractivity contribution in [3.05, 3.63) is 0 Å². The zero-order valence-electron chi connectivity index (χ0n) is 17.3. The van der Waals surface area contributed by atoms with Gasteiger partial charge in [-0.25, -0.2) is 0 Å². The fourth-order valence-corrected chi connectivity index (χ4v) is 2.48. The number of guanidine groups is 1. The van der Waals surface area contributed by atoms with Gasteiger partial charge in [0, 0.05) is 32.8 Å². The first kappa shape index (κ1) is 27.1. The Labute approximate surface area is 173 Å². The van der Waals surface area contributed by atoms with Crippen LogP contribution < -0.4 is 10.6 Å². The fraction of sp³-hybridized carbons (Fsp3) is 0.944. The predicted molar refractivity (Wildman–Crippen MR) is 120 cm³/mol. The third-order valence-electron chi connectivity index (χ3n) is 4.16. The quantitative estimate of drug-likeness (QED) is 0.231. The van der Waals surface area contributed by atoms with Crippen molar-refractivity contribution < 1.29 is 4.74 Å². The van der Waals surface area contributed by atoms with E-state index in [1.165, 1.54) is 13.0 Å². The molecule has 0 bridgehead atoms. The molecule has 0 rings (SSSR count). The minimum absolute atomic E-state index is 0. The van der Waals surface area contributed by atoms with Crippen LogP contribution in [0.4, 0.5) is 0 Å². The minimum atomic E-state index is 0. The van der Waals surface area contributed by atoms with Gasteiger partial charge in [0.25, 0.3) is 0 Å². The summed E-state index contributed by atoms with van der Waals surface area (Å²) >= 11 is 0. The van der Waals surface area contributed by atoms with Crippen LogP contribution in [0.1, 0.15) is 40.5 Å². The van der Waals surface area contributed by atoms with Crippen LogP contribution in [0.5, 0.6) is 0 Å². The lowest BCUT2D eigenvalue weighted by Gasteiger charge is -2.21. The van der Waals surface area contributed by atoms with Gasteiger partial charge in [-0.3, -0.25) is 4.99 Å². The van der Waals surface area contributed by atoms with Crippen LogP contribution in [0, 0.1) is 0 Å². The summed E-state index contributed by atoms with van der Waals surface area (Å²) in [4.78, 5) is 9.39. The molecule has 0 heterocycles. The number of ether oxygens (including phenoxy) is 1. The maximum Gasteiger partial charge on any atom is 0.191 e. The second-order valence-corrected chi connectivity index (χ2v) is 6.27. The van der Waals surface area contributed by atoms with E-state index in [-0.39, 0.29) is 24.0 Å². The highest BCUT2D eigenvalue weighted by Crippen LogP contribution is 1.99. The van der Waals surface area contributed by atoms with Crippen molar-refractivity contribution in [2.75, 3.05) is 66.6 Å². The number of halogens is 1. The van der Waals surface area contributed by atoms with Gasteiger partial charge < -0.3 is 25.2 Å². The Hall–Kier alpha value is -0.120. The van der Waals surface area contributed by atoms with Crippen LogP contribution in [0.3, 0.4) is 0 Å². The molecular weight excluding hydrogens is 429 g/mol. The van der Waals surface area contributed by atoms with Crippen molar-refractivity contribution in [2.45, 2.75) is 46.6 Å². The first-order valence-corrected chi connectivity index (χ1v) is 9.51. The Morgan fingerprint density at radius 2 is 1.80 bits per heavy atom. The summed E-state index contributed by atoms with van der Waals surface area (Å²) in [6.07, 6.45) is 2.38. The lowest BCUT2D eigenvalue weighted by atomic mass is 10.2. The molecular formula is C18H42IN5O. The Bertz CT molecular complexity index is 314. The lowest BCUT2D eigenvalue weighted by Crippen LogP contribution is -2.43. The van der Waals surface area contributed by atoms with E-state index >= 15 is 0 Å². The van der Waals surface area contributed by atoms with Gasteiger partial charge in [-0.1, -0.05) is 13.8 Å². The van der Waals surface area contributed by atoms with E-state index in [1.807, 2.05) is 0 Å². The zero-order chi connectivity index (χ0) is 18.2. The largest absolute Gasteiger partial charge is 0.383 e. The Morgan fingerprint density at radius 3 is 2.36 bits per heavy atom. The van der Waals surface area contributed by atoms with E-state index in [0.717, 1.165) is 58.3 Å². The molecule has 0 aliphatic rings. The highest BCUT2D eigenvalue weighted by Gasteiger charge is 2.06. The van der Waals surface area contributed by atoms with Crippen LogP contribution in [0.25, 0.3) is 0 Å². The van der Waals surface area contributed by atoms with Crippen LogP contribution in [0.15, 0.2) is 4.99 Å². The topological polar surface area (TPSA) is 52.1 Å². The number of likely N-dealkylation sites (N-methyl/N-ethyl adjacent to an activating group) is 1. The lowest BCUT2D eigenvalue weighted by molar-refractivity contribution is 0.163. The van der Waals surface area contributed by atoms with Crippen molar-refractivity contribution in [3.8, 4) is 0 Å². The summed E-state index contributed by atoms with van der Waals surface area (Å²) in [6, 6.07) is 0.435. The SMILES string of the molecule is CCNC(=NCCN(C)CCOC)NC(C)CCCN(CC)CC.I. The normalized spacial score (nSPS) is 13.0. The molecule has 0 saturated carbocycles. The molecule has 0 aromatic carbocycles. The molecule has 152 valence electrons. The molecule has 6 nitrogen and oxygen atoms in total. The van der Waals surface area contributed by atoms with Crippen molar-refractivity contribution in [1.82, 2.24) is 20.4 Å². The smallest absolute Gasteiger partial charge is 0.191 e. The van der Waals surface area contributed by atoms with Crippen LogP contribution in [0.2, 0.25) is 0 Å². The van der Waals surface area contributed by atoms with Crippen LogP contribution >= 0.6 is 24.0 Å². The summed E-state index contributed by atoms with van der Waals surface area (Å²) in [6.45, 7) is 16.6. The molecule has 2 N–H and O–H groups in total. The van der Waals surface area contributed by atoms with Crippen molar-refractivity contribution in [3.63, 3.8) is 0 Å².